The monoisotopic (exact) mass is 367 g/mol. The molecule has 3 saturated heterocycles. The molecule has 1 amide bonds. The van der Waals surface area contributed by atoms with Crippen molar-refractivity contribution in [1.29, 1.82) is 0 Å². The summed E-state index contributed by atoms with van der Waals surface area (Å²) in [6.07, 6.45) is 6.87. The number of aliphatic hydroxyl groups is 1. The van der Waals surface area contributed by atoms with Crippen molar-refractivity contribution in [3.8, 4) is 0 Å². The van der Waals surface area contributed by atoms with E-state index in [0.717, 1.165) is 71.4 Å². The van der Waals surface area contributed by atoms with Gasteiger partial charge in [0.05, 0.1) is 12.1 Å². The van der Waals surface area contributed by atoms with Gasteiger partial charge in [0.1, 0.15) is 0 Å². The number of likely N-dealkylation sites (tertiary alicyclic amines) is 2. The van der Waals surface area contributed by atoms with Crippen LogP contribution in [0.1, 0.15) is 51.9 Å². The van der Waals surface area contributed by atoms with Crippen LogP contribution < -0.4 is 0 Å². The van der Waals surface area contributed by atoms with Crippen molar-refractivity contribution in [3.63, 3.8) is 0 Å². The molecule has 2 atom stereocenters. The lowest BCUT2D eigenvalue weighted by atomic mass is 9.98. The first-order valence-corrected chi connectivity index (χ1v) is 10.6. The second-order valence-corrected chi connectivity index (χ2v) is 8.33. The maximum atomic E-state index is 12.9. The number of unbranched alkanes of at least 4 members (excludes halogenated alkanes) is 1. The van der Waals surface area contributed by atoms with Crippen molar-refractivity contribution in [3.05, 3.63) is 0 Å². The molecule has 0 unspecified atom stereocenters. The predicted octanol–water partition coefficient (Wildman–Crippen LogP) is 1.32. The molecular formula is C20H37N3O3. The van der Waals surface area contributed by atoms with Crippen LogP contribution in [0.25, 0.3) is 0 Å². The Hall–Kier alpha value is -0.690. The number of ether oxygens (including phenoxy) is 1. The topological polar surface area (TPSA) is 56.3 Å². The summed E-state index contributed by atoms with van der Waals surface area (Å²) in [7, 11) is 1.91. The van der Waals surface area contributed by atoms with Gasteiger partial charge in [0.15, 0.2) is 0 Å². The van der Waals surface area contributed by atoms with Crippen LogP contribution in [-0.4, -0.2) is 96.4 Å². The third kappa shape index (κ3) is 4.77. The molecule has 6 heteroatoms. The van der Waals surface area contributed by atoms with Crippen LogP contribution in [0.3, 0.4) is 0 Å². The fraction of sp³-hybridized carbons (Fsp3) is 0.950. The zero-order chi connectivity index (χ0) is 18.5. The molecule has 0 saturated carbocycles. The SMILES string of the molecule is CCCCN(C)C(=O)[C@@H]1C[C@@H](O)CN1C1CCN(C2CCOCC2)CC1. The minimum absolute atomic E-state index is 0.133. The molecule has 0 radical (unpaired) electrons. The highest BCUT2D eigenvalue weighted by Crippen LogP contribution is 2.29. The van der Waals surface area contributed by atoms with Crippen LogP contribution in [0, 0.1) is 0 Å². The van der Waals surface area contributed by atoms with E-state index in [4.69, 9.17) is 4.74 Å². The van der Waals surface area contributed by atoms with E-state index in [0.29, 0.717) is 25.0 Å². The summed E-state index contributed by atoms with van der Waals surface area (Å²) in [6, 6.07) is 0.967. The third-order valence-electron chi connectivity index (χ3n) is 6.50. The molecule has 0 aromatic carbocycles. The molecule has 3 fully saturated rings. The van der Waals surface area contributed by atoms with E-state index >= 15 is 0 Å². The lowest BCUT2D eigenvalue weighted by Crippen LogP contribution is -2.53. The number of carbonyl (C=O) groups is 1. The molecule has 0 aliphatic carbocycles. The van der Waals surface area contributed by atoms with Gasteiger partial charge in [-0.1, -0.05) is 13.3 Å². The number of aliphatic hydroxyl groups excluding tert-OH is 1. The molecule has 0 spiro atoms. The Morgan fingerprint density at radius 3 is 2.50 bits per heavy atom. The molecule has 3 aliphatic heterocycles. The largest absolute Gasteiger partial charge is 0.392 e. The number of β-amino-alcohol motifs (C(OH)–C–C–N with tert-alkyl or cyclic N) is 1. The van der Waals surface area contributed by atoms with Gasteiger partial charge in [0.25, 0.3) is 0 Å². The van der Waals surface area contributed by atoms with Crippen molar-refractivity contribution in [2.75, 3.05) is 46.4 Å². The van der Waals surface area contributed by atoms with Crippen molar-refractivity contribution in [1.82, 2.24) is 14.7 Å². The van der Waals surface area contributed by atoms with Crippen LogP contribution in [-0.2, 0) is 9.53 Å². The van der Waals surface area contributed by atoms with Crippen LogP contribution in [0.15, 0.2) is 0 Å². The number of hydrogen-bond acceptors (Lipinski definition) is 5. The lowest BCUT2D eigenvalue weighted by molar-refractivity contribution is -0.136. The summed E-state index contributed by atoms with van der Waals surface area (Å²) in [5.41, 5.74) is 0. The Kier molecular flexibility index (Phi) is 7.32. The number of carbonyl (C=O) groups excluding carboxylic acids is 1. The molecule has 26 heavy (non-hydrogen) atoms. The van der Waals surface area contributed by atoms with Gasteiger partial charge in [-0.05, 0) is 51.6 Å². The Balaban J connectivity index is 1.54. The third-order valence-corrected chi connectivity index (χ3v) is 6.50. The Morgan fingerprint density at radius 2 is 1.85 bits per heavy atom. The van der Waals surface area contributed by atoms with E-state index in [1.165, 1.54) is 0 Å². The summed E-state index contributed by atoms with van der Waals surface area (Å²) in [4.78, 5) is 19.7. The number of hydrogen-bond donors (Lipinski definition) is 1. The number of likely N-dealkylation sites (N-methyl/N-ethyl adjacent to an activating group) is 1. The molecule has 0 bridgehead atoms. The fourth-order valence-corrected chi connectivity index (χ4v) is 4.88. The zero-order valence-electron chi connectivity index (χ0n) is 16.6. The molecule has 1 N–H and O–H groups in total. The van der Waals surface area contributed by atoms with Crippen molar-refractivity contribution < 1.29 is 14.6 Å². The van der Waals surface area contributed by atoms with E-state index in [2.05, 4.69) is 16.7 Å². The van der Waals surface area contributed by atoms with Crippen LogP contribution in [0.2, 0.25) is 0 Å². The first kappa shape index (κ1) is 20.1. The Labute approximate surface area is 158 Å². The highest BCUT2D eigenvalue weighted by Gasteiger charge is 2.42. The van der Waals surface area contributed by atoms with Gasteiger partial charge in [-0.2, -0.15) is 0 Å². The molecule has 6 nitrogen and oxygen atoms in total. The maximum Gasteiger partial charge on any atom is 0.239 e. The number of amides is 1. The van der Waals surface area contributed by atoms with Crippen molar-refractivity contribution >= 4 is 5.91 Å². The maximum absolute atomic E-state index is 12.9. The Morgan fingerprint density at radius 1 is 1.15 bits per heavy atom. The van der Waals surface area contributed by atoms with E-state index in [1.807, 2.05) is 11.9 Å². The van der Waals surface area contributed by atoms with Crippen LogP contribution >= 0.6 is 0 Å². The van der Waals surface area contributed by atoms with Gasteiger partial charge >= 0.3 is 0 Å². The molecule has 150 valence electrons. The van der Waals surface area contributed by atoms with Gasteiger partial charge in [0, 0.05) is 45.4 Å². The number of nitrogens with zero attached hydrogens (tertiary/aromatic N) is 3. The standard InChI is InChI=1S/C20H37N3O3/c1-3-4-9-21(2)20(25)19-14-18(24)15-23(19)17-5-10-22(11-6-17)16-7-12-26-13-8-16/h16-19,24H,3-15H2,1-2H3/t18-,19+/m1/s1. The lowest BCUT2D eigenvalue weighted by Gasteiger charge is -2.43. The number of piperidine rings is 1. The highest BCUT2D eigenvalue weighted by molar-refractivity contribution is 5.82. The van der Waals surface area contributed by atoms with Gasteiger partial charge in [-0.25, -0.2) is 0 Å². The molecule has 0 aromatic heterocycles. The van der Waals surface area contributed by atoms with Gasteiger partial charge in [-0.15, -0.1) is 0 Å². The first-order valence-electron chi connectivity index (χ1n) is 10.6. The minimum atomic E-state index is -0.364. The normalized spacial score (nSPS) is 30.0. The Bertz CT molecular complexity index is 448. The quantitative estimate of drug-likeness (QED) is 0.767. The highest BCUT2D eigenvalue weighted by atomic mass is 16.5. The number of rotatable bonds is 6. The first-order chi connectivity index (χ1) is 12.6. The smallest absolute Gasteiger partial charge is 0.239 e. The average Bonchev–Trinajstić information content (AvgIpc) is 3.08. The molecular weight excluding hydrogens is 330 g/mol. The van der Waals surface area contributed by atoms with Gasteiger partial charge in [-0.3, -0.25) is 9.69 Å². The average molecular weight is 368 g/mol. The molecule has 3 aliphatic rings. The summed E-state index contributed by atoms with van der Waals surface area (Å²) >= 11 is 0. The summed E-state index contributed by atoms with van der Waals surface area (Å²) in [5.74, 6) is 0.196. The van der Waals surface area contributed by atoms with Crippen molar-refractivity contribution in [2.45, 2.75) is 76.1 Å². The minimum Gasteiger partial charge on any atom is -0.392 e. The van der Waals surface area contributed by atoms with E-state index in [9.17, 15) is 9.90 Å². The molecule has 0 aromatic rings. The van der Waals surface area contributed by atoms with Crippen molar-refractivity contribution in [2.24, 2.45) is 0 Å². The summed E-state index contributed by atoms with van der Waals surface area (Å²) in [5, 5.41) is 10.2. The second-order valence-electron chi connectivity index (χ2n) is 8.33. The molecule has 3 rings (SSSR count). The van der Waals surface area contributed by atoms with E-state index in [-0.39, 0.29) is 18.1 Å². The summed E-state index contributed by atoms with van der Waals surface area (Å²) in [6.45, 7) is 7.62. The van der Waals surface area contributed by atoms with Gasteiger partial charge in [0.2, 0.25) is 5.91 Å². The zero-order valence-corrected chi connectivity index (χ0v) is 16.6. The van der Waals surface area contributed by atoms with E-state index in [1.54, 1.807) is 0 Å². The fourth-order valence-electron chi connectivity index (χ4n) is 4.88. The molecule has 3 heterocycles. The van der Waals surface area contributed by atoms with E-state index < -0.39 is 0 Å². The van der Waals surface area contributed by atoms with Gasteiger partial charge < -0.3 is 19.6 Å². The predicted molar refractivity (Wildman–Crippen MR) is 102 cm³/mol. The second kappa shape index (κ2) is 9.49. The summed E-state index contributed by atoms with van der Waals surface area (Å²) < 4.78 is 5.49. The van der Waals surface area contributed by atoms with Crippen LogP contribution in [0.4, 0.5) is 0 Å². The van der Waals surface area contributed by atoms with Crippen LogP contribution in [0.5, 0.6) is 0 Å².